The summed E-state index contributed by atoms with van der Waals surface area (Å²) in [4.78, 5) is 24.1. The molecule has 3 N–H and O–H groups in total. The lowest BCUT2D eigenvalue weighted by Crippen LogP contribution is -2.27. The van der Waals surface area contributed by atoms with Crippen LogP contribution in [0.4, 0.5) is 11.4 Å². The van der Waals surface area contributed by atoms with Gasteiger partial charge in [0, 0.05) is 25.1 Å². The van der Waals surface area contributed by atoms with Gasteiger partial charge in [0.25, 0.3) is 5.91 Å². The number of phenolic OH excluding ortho intramolecular Hbond substituents is 1. The second kappa shape index (κ2) is 8.30. The van der Waals surface area contributed by atoms with E-state index in [1.165, 1.54) is 22.5 Å². The highest BCUT2D eigenvalue weighted by Gasteiger charge is 2.28. The first-order valence-corrected chi connectivity index (χ1v) is 10.4. The van der Waals surface area contributed by atoms with Crippen molar-refractivity contribution in [2.24, 2.45) is 0 Å². The molecule has 9 heteroatoms. The Labute approximate surface area is 163 Å². The summed E-state index contributed by atoms with van der Waals surface area (Å²) in [6.45, 7) is 0.493. The number of nitrogens with one attached hydrogen (secondary N) is 2. The third-order valence-electron chi connectivity index (χ3n) is 4.32. The summed E-state index contributed by atoms with van der Waals surface area (Å²) in [5.41, 5.74) is 1.02. The van der Waals surface area contributed by atoms with Crippen LogP contribution in [0.2, 0.25) is 0 Å². The predicted octanol–water partition coefficient (Wildman–Crippen LogP) is 1.69. The van der Waals surface area contributed by atoms with Gasteiger partial charge in [-0.3, -0.25) is 13.9 Å². The summed E-state index contributed by atoms with van der Waals surface area (Å²) in [5, 5.41) is 15.2. The molecule has 0 aromatic heterocycles. The number of hydrogen-bond acceptors (Lipinski definition) is 5. The monoisotopic (exact) mass is 403 g/mol. The molecule has 28 heavy (non-hydrogen) atoms. The summed E-state index contributed by atoms with van der Waals surface area (Å²) in [6, 6.07) is 12.9. The third-order valence-corrected chi connectivity index (χ3v) is 6.18. The molecule has 0 bridgehead atoms. The minimum absolute atomic E-state index is 0.00422. The molecular weight excluding hydrogens is 382 g/mol. The number of anilines is 2. The maximum atomic E-state index is 12.1. The van der Waals surface area contributed by atoms with E-state index in [0.29, 0.717) is 24.2 Å². The van der Waals surface area contributed by atoms with Crippen molar-refractivity contribution in [3.63, 3.8) is 0 Å². The van der Waals surface area contributed by atoms with Crippen molar-refractivity contribution in [3.05, 3.63) is 54.1 Å². The van der Waals surface area contributed by atoms with E-state index < -0.39 is 15.9 Å². The zero-order chi connectivity index (χ0) is 20.1. The number of carbonyl (C=O) groups is 2. The smallest absolute Gasteiger partial charge is 0.251 e. The fourth-order valence-corrected chi connectivity index (χ4v) is 4.46. The maximum Gasteiger partial charge on any atom is 0.251 e. The molecule has 148 valence electrons. The molecule has 1 aliphatic rings. The van der Waals surface area contributed by atoms with Gasteiger partial charge in [-0.1, -0.05) is 18.2 Å². The van der Waals surface area contributed by atoms with E-state index in [4.69, 9.17) is 0 Å². The van der Waals surface area contributed by atoms with E-state index in [2.05, 4.69) is 10.6 Å². The molecule has 2 aromatic rings. The number of amides is 2. The van der Waals surface area contributed by atoms with Gasteiger partial charge in [0.1, 0.15) is 5.75 Å². The maximum absolute atomic E-state index is 12.1. The molecule has 1 fully saturated rings. The van der Waals surface area contributed by atoms with Crippen LogP contribution >= 0.6 is 0 Å². The fraction of sp³-hybridized carbons (Fsp3) is 0.263. The van der Waals surface area contributed by atoms with Crippen molar-refractivity contribution < 1.29 is 23.1 Å². The predicted molar refractivity (Wildman–Crippen MR) is 106 cm³/mol. The molecule has 0 aliphatic carbocycles. The minimum Gasteiger partial charge on any atom is -0.506 e. The Kier molecular flexibility index (Phi) is 5.84. The lowest BCUT2D eigenvalue weighted by atomic mass is 10.2. The summed E-state index contributed by atoms with van der Waals surface area (Å²) in [6.07, 6.45) is 0.538. The molecule has 0 unspecified atom stereocenters. The van der Waals surface area contributed by atoms with E-state index in [-0.39, 0.29) is 36.1 Å². The lowest BCUT2D eigenvalue weighted by Gasteiger charge is -2.18. The van der Waals surface area contributed by atoms with Gasteiger partial charge in [-0.05, 0) is 36.8 Å². The Morgan fingerprint density at radius 1 is 1.11 bits per heavy atom. The molecule has 0 saturated carbocycles. The second-order valence-corrected chi connectivity index (χ2v) is 8.38. The number of nitrogens with zero attached hydrogens (tertiary/aromatic N) is 1. The Balaban J connectivity index is 1.58. The Morgan fingerprint density at radius 2 is 1.86 bits per heavy atom. The second-order valence-electron chi connectivity index (χ2n) is 6.36. The summed E-state index contributed by atoms with van der Waals surface area (Å²) in [5.74, 6) is -0.777. The van der Waals surface area contributed by atoms with Gasteiger partial charge in [-0.2, -0.15) is 0 Å². The number of rotatable bonds is 6. The van der Waals surface area contributed by atoms with Crippen LogP contribution in [0.25, 0.3) is 0 Å². The van der Waals surface area contributed by atoms with Crippen molar-refractivity contribution >= 4 is 33.2 Å². The number of carbonyl (C=O) groups excluding carboxylic acids is 2. The first-order chi connectivity index (χ1) is 13.4. The molecule has 0 radical (unpaired) electrons. The van der Waals surface area contributed by atoms with Gasteiger partial charge in [0.15, 0.2) is 0 Å². The normalized spacial score (nSPS) is 15.2. The Morgan fingerprint density at radius 3 is 2.54 bits per heavy atom. The van der Waals surface area contributed by atoms with Gasteiger partial charge in [0.05, 0.1) is 17.1 Å². The topological polar surface area (TPSA) is 116 Å². The van der Waals surface area contributed by atoms with Crippen molar-refractivity contribution in [1.82, 2.24) is 5.32 Å². The van der Waals surface area contributed by atoms with E-state index >= 15 is 0 Å². The van der Waals surface area contributed by atoms with Crippen LogP contribution in [0.1, 0.15) is 23.2 Å². The number of aromatic hydroxyl groups is 1. The average Bonchev–Trinajstić information content (AvgIpc) is 3.03. The van der Waals surface area contributed by atoms with E-state index in [1.54, 1.807) is 30.3 Å². The highest BCUT2D eigenvalue weighted by molar-refractivity contribution is 7.93. The van der Waals surface area contributed by atoms with Crippen LogP contribution in [0.5, 0.6) is 5.75 Å². The molecule has 2 amide bonds. The Hall–Kier alpha value is -3.07. The number of hydrogen-bond donors (Lipinski definition) is 3. The molecule has 0 spiro atoms. The standard InChI is InChI=1S/C19H21N3O5S/c23-17-8-7-15(22-11-4-12-28(22,26)27)13-16(17)21-18(24)9-10-20-19(25)14-5-2-1-3-6-14/h1-3,5-8,13,23H,4,9-12H2,(H,20,25)(H,21,24). The van der Waals surface area contributed by atoms with Gasteiger partial charge in [0.2, 0.25) is 15.9 Å². The molecule has 8 nitrogen and oxygen atoms in total. The van der Waals surface area contributed by atoms with E-state index in [1.807, 2.05) is 0 Å². The van der Waals surface area contributed by atoms with E-state index in [9.17, 15) is 23.1 Å². The Bertz CT molecular complexity index is 976. The van der Waals surface area contributed by atoms with Crippen molar-refractivity contribution in [1.29, 1.82) is 0 Å². The summed E-state index contributed by atoms with van der Waals surface area (Å²) < 4.78 is 25.3. The van der Waals surface area contributed by atoms with Crippen LogP contribution in [-0.4, -0.2) is 44.2 Å². The molecule has 2 aromatic carbocycles. The first-order valence-electron chi connectivity index (χ1n) is 8.83. The van der Waals surface area contributed by atoms with Crippen molar-refractivity contribution in [3.8, 4) is 5.75 Å². The largest absolute Gasteiger partial charge is 0.506 e. The average molecular weight is 403 g/mol. The molecule has 1 saturated heterocycles. The van der Waals surface area contributed by atoms with Gasteiger partial charge in [-0.25, -0.2) is 8.42 Å². The van der Waals surface area contributed by atoms with Crippen LogP contribution in [0.15, 0.2) is 48.5 Å². The summed E-state index contributed by atoms with van der Waals surface area (Å²) in [7, 11) is -3.36. The quantitative estimate of drug-likeness (QED) is 0.635. The first kappa shape index (κ1) is 19.7. The third kappa shape index (κ3) is 4.61. The zero-order valence-corrected chi connectivity index (χ0v) is 15.9. The fourth-order valence-electron chi connectivity index (χ4n) is 2.90. The molecular formula is C19H21N3O5S. The molecule has 1 heterocycles. The van der Waals surface area contributed by atoms with Crippen LogP contribution in [0, 0.1) is 0 Å². The highest BCUT2D eigenvalue weighted by atomic mass is 32.2. The van der Waals surface area contributed by atoms with Crippen LogP contribution in [0.3, 0.4) is 0 Å². The van der Waals surface area contributed by atoms with Gasteiger partial charge in [-0.15, -0.1) is 0 Å². The van der Waals surface area contributed by atoms with Crippen LogP contribution in [-0.2, 0) is 14.8 Å². The minimum atomic E-state index is -3.36. The van der Waals surface area contributed by atoms with Crippen LogP contribution < -0.4 is 14.9 Å². The van der Waals surface area contributed by atoms with Gasteiger partial charge < -0.3 is 15.7 Å². The number of benzene rings is 2. The van der Waals surface area contributed by atoms with E-state index in [0.717, 1.165) is 0 Å². The SMILES string of the molecule is O=C(CCNC(=O)c1ccccc1)Nc1cc(N2CCCS2(=O)=O)ccc1O. The van der Waals surface area contributed by atoms with Crippen molar-refractivity contribution in [2.75, 3.05) is 28.5 Å². The lowest BCUT2D eigenvalue weighted by molar-refractivity contribution is -0.116. The van der Waals surface area contributed by atoms with Gasteiger partial charge >= 0.3 is 0 Å². The molecule has 3 rings (SSSR count). The molecule has 1 aliphatic heterocycles. The number of sulfonamides is 1. The number of phenols is 1. The highest BCUT2D eigenvalue weighted by Crippen LogP contribution is 2.32. The van der Waals surface area contributed by atoms with Crippen molar-refractivity contribution in [2.45, 2.75) is 12.8 Å². The molecule has 0 atom stereocenters. The summed E-state index contributed by atoms with van der Waals surface area (Å²) >= 11 is 0. The zero-order valence-electron chi connectivity index (χ0n) is 15.1.